The molecule has 0 spiro atoms. The Morgan fingerprint density at radius 2 is 1.95 bits per heavy atom. The zero-order valence-electron chi connectivity index (χ0n) is 10.1. The van der Waals surface area contributed by atoms with E-state index in [1.807, 2.05) is 0 Å². The Kier molecular flexibility index (Phi) is 3.37. The van der Waals surface area contributed by atoms with Crippen LogP contribution in [0.1, 0.15) is 10.5 Å². The second kappa shape index (κ2) is 4.97. The van der Waals surface area contributed by atoms with Gasteiger partial charge < -0.3 is 19.1 Å². The first kappa shape index (κ1) is 12.9. The lowest BCUT2D eigenvalue weighted by molar-refractivity contribution is 0.0686. The van der Waals surface area contributed by atoms with Crippen LogP contribution in [0.2, 0.25) is 0 Å². The van der Waals surface area contributed by atoms with Crippen molar-refractivity contribution >= 4 is 5.97 Å². The number of ether oxygens (including phenoxy) is 2. The van der Waals surface area contributed by atoms with E-state index in [9.17, 15) is 9.18 Å². The van der Waals surface area contributed by atoms with Gasteiger partial charge in [-0.1, -0.05) is 5.16 Å². The quantitative estimate of drug-likeness (QED) is 0.914. The van der Waals surface area contributed by atoms with Crippen molar-refractivity contribution in [3.63, 3.8) is 0 Å². The number of hydrogen-bond acceptors (Lipinski definition) is 5. The lowest BCUT2D eigenvalue weighted by Gasteiger charge is -2.08. The number of carbonyl (C=O) groups is 1. The van der Waals surface area contributed by atoms with Crippen LogP contribution < -0.4 is 9.47 Å². The molecule has 0 amide bonds. The Balaban J connectivity index is 2.55. The summed E-state index contributed by atoms with van der Waals surface area (Å²) in [7, 11) is 2.68. The van der Waals surface area contributed by atoms with Crippen LogP contribution in [-0.4, -0.2) is 30.5 Å². The van der Waals surface area contributed by atoms with Gasteiger partial charge in [0.25, 0.3) is 0 Å². The van der Waals surface area contributed by atoms with E-state index in [0.717, 1.165) is 6.07 Å². The van der Waals surface area contributed by atoms with Gasteiger partial charge in [0.15, 0.2) is 23.0 Å². The highest BCUT2D eigenvalue weighted by atomic mass is 19.1. The molecular formula is C12H10FNO5. The van der Waals surface area contributed by atoms with Crippen molar-refractivity contribution in [2.75, 3.05) is 14.2 Å². The third-order valence-corrected chi connectivity index (χ3v) is 2.47. The summed E-state index contributed by atoms with van der Waals surface area (Å²) in [6, 6.07) is 3.69. The molecular weight excluding hydrogens is 257 g/mol. The van der Waals surface area contributed by atoms with Crippen LogP contribution in [0.15, 0.2) is 22.7 Å². The van der Waals surface area contributed by atoms with Gasteiger partial charge in [0.05, 0.1) is 19.8 Å². The smallest absolute Gasteiger partial charge is 0.358 e. The van der Waals surface area contributed by atoms with Gasteiger partial charge in [0.2, 0.25) is 0 Å². The fraction of sp³-hybridized carbons (Fsp3) is 0.167. The molecule has 0 saturated heterocycles. The molecule has 6 nitrogen and oxygen atoms in total. The summed E-state index contributed by atoms with van der Waals surface area (Å²) >= 11 is 0. The van der Waals surface area contributed by atoms with Crippen LogP contribution in [0.25, 0.3) is 11.3 Å². The number of aromatic carboxylic acids is 1. The van der Waals surface area contributed by atoms with E-state index < -0.39 is 11.8 Å². The molecule has 0 unspecified atom stereocenters. The van der Waals surface area contributed by atoms with Gasteiger partial charge in [-0.3, -0.25) is 0 Å². The summed E-state index contributed by atoms with van der Waals surface area (Å²) in [5, 5.41) is 12.2. The molecule has 0 atom stereocenters. The Morgan fingerprint density at radius 1 is 1.26 bits per heavy atom. The molecule has 100 valence electrons. The lowest BCUT2D eigenvalue weighted by atomic mass is 10.1. The summed E-state index contributed by atoms with van der Waals surface area (Å²) in [6.07, 6.45) is 0. The minimum absolute atomic E-state index is 0.0101. The first-order valence-electron chi connectivity index (χ1n) is 5.18. The molecule has 1 heterocycles. The summed E-state index contributed by atoms with van der Waals surface area (Å²) in [4.78, 5) is 10.7. The summed E-state index contributed by atoms with van der Waals surface area (Å²) in [5.74, 6) is -1.49. The molecule has 7 heteroatoms. The van der Waals surface area contributed by atoms with E-state index in [0.29, 0.717) is 5.56 Å². The maximum absolute atomic E-state index is 13.5. The average molecular weight is 267 g/mol. The SMILES string of the molecule is COc1cc(-c2cc(C(=O)O)no2)c(OC)cc1F. The minimum Gasteiger partial charge on any atom is -0.496 e. The van der Waals surface area contributed by atoms with Crippen LogP contribution >= 0.6 is 0 Å². The van der Waals surface area contributed by atoms with Crippen LogP contribution in [0.5, 0.6) is 11.5 Å². The third-order valence-electron chi connectivity index (χ3n) is 2.47. The lowest BCUT2D eigenvalue weighted by Crippen LogP contribution is -1.95. The first-order valence-corrected chi connectivity index (χ1v) is 5.18. The normalized spacial score (nSPS) is 10.3. The summed E-state index contributed by atoms with van der Waals surface area (Å²) < 4.78 is 28.3. The number of carboxylic acid groups (broad SMARTS) is 1. The standard InChI is InChI=1S/C12H10FNO5/c1-17-9-4-7(13)11(18-2)3-6(9)10-5-8(12(15)16)14-19-10/h3-5H,1-2H3,(H,15,16). The van der Waals surface area contributed by atoms with Crippen molar-refractivity contribution in [2.24, 2.45) is 0 Å². The monoisotopic (exact) mass is 267 g/mol. The molecule has 0 aliphatic rings. The van der Waals surface area contributed by atoms with Crippen molar-refractivity contribution in [3.8, 4) is 22.8 Å². The number of benzene rings is 1. The molecule has 0 aliphatic heterocycles. The predicted molar refractivity (Wildman–Crippen MR) is 62.0 cm³/mol. The molecule has 0 aliphatic carbocycles. The third kappa shape index (κ3) is 2.35. The van der Waals surface area contributed by atoms with Gasteiger partial charge in [-0.25, -0.2) is 9.18 Å². The Bertz CT molecular complexity index is 623. The highest BCUT2D eigenvalue weighted by Gasteiger charge is 2.18. The molecule has 0 radical (unpaired) electrons. The Hall–Kier alpha value is -2.57. The molecule has 2 aromatic rings. The zero-order chi connectivity index (χ0) is 14.0. The van der Waals surface area contributed by atoms with Crippen molar-refractivity contribution in [1.82, 2.24) is 5.16 Å². The van der Waals surface area contributed by atoms with E-state index in [1.165, 1.54) is 26.4 Å². The fourth-order valence-corrected chi connectivity index (χ4v) is 1.56. The van der Waals surface area contributed by atoms with E-state index in [-0.39, 0.29) is 23.0 Å². The van der Waals surface area contributed by atoms with Crippen molar-refractivity contribution in [3.05, 3.63) is 29.7 Å². The first-order chi connectivity index (χ1) is 9.06. The predicted octanol–water partition coefficient (Wildman–Crippen LogP) is 2.20. The second-order valence-electron chi connectivity index (χ2n) is 3.57. The fourth-order valence-electron chi connectivity index (χ4n) is 1.56. The van der Waals surface area contributed by atoms with Crippen molar-refractivity contribution in [2.45, 2.75) is 0 Å². The number of aromatic nitrogens is 1. The number of nitrogens with zero attached hydrogens (tertiary/aromatic N) is 1. The molecule has 0 bridgehead atoms. The molecule has 0 fully saturated rings. The topological polar surface area (TPSA) is 81.8 Å². The van der Waals surface area contributed by atoms with Gasteiger partial charge in [-0.15, -0.1) is 0 Å². The van der Waals surface area contributed by atoms with Crippen LogP contribution in [0, 0.1) is 5.82 Å². The van der Waals surface area contributed by atoms with Gasteiger partial charge >= 0.3 is 5.97 Å². The molecule has 2 rings (SSSR count). The summed E-state index contributed by atoms with van der Waals surface area (Å²) in [5.41, 5.74) is 0.0982. The van der Waals surface area contributed by atoms with E-state index in [2.05, 4.69) is 5.16 Å². The molecule has 1 N–H and O–H groups in total. The highest BCUT2D eigenvalue weighted by Crippen LogP contribution is 2.35. The second-order valence-corrected chi connectivity index (χ2v) is 3.57. The number of halogens is 1. The largest absolute Gasteiger partial charge is 0.496 e. The van der Waals surface area contributed by atoms with Crippen LogP contribution in [-0.2, 0) is 0 Å². The van der Waals surface area contributed by atoms with Crippen molar-refractivity contribution < 1.29 is 28.3 Å². The van der Waals surface area contributed by atoms with Gasteiger partial charge in [-0.05, 0) is 6.07 Å². The molecule has 1 aromatic heterocycles. The molecule has 19 heavy (non-hydrogen) atoms. The summed E-state index contributed by atoms with van der Waals surface area (Å²) in [6.45, 7) is 0. The van der Waals surface area contributed by atoms with Gasteiger partial charge in [0, 0.05) is 12.1 Å². The van der Waals surface area contributed by atoms with Crippen LogP contribution in [0.3, 0.4) is 0 Å². The maximum Gasteiger partial charge on any atom is 0.358 e. The van der Waals surface area contributed by atoms with E-state index in [4.69, 9.17) is 19.1 Å². The minimum atomic E-state index is -1.22. The number of hydrogen-bond donors (Lipinski definition) is 1. The average Bonchev–Trinajstić information content (AvgIpc) is 2.88. The molecule has 0 saturated carbocycles. The van der Waals surface area contributed by atoms with Gasteiger partial charge in [-0.2, -0.15) is 0 Å². The van der Waals surface area contributed by atoms with E-state index >= 15 is 0 Å². The van der Waals surface area contributed by atoms with Crippen molar-refractivity contribution in [1.29, 1.82) is 0 Å². The Labute approximate surface area is 107 Å². The highest BCUT2D eigenvalue weighted by molar-refractivity contribution is 5.86. The van der Waals surface area contributed by atoms with Crippen LogP contribution in [0.4, 0.5) is 4.39 Å². The maximum atomic E-state index is 13.5. The zero-order valence-corrected chi connectivity index (χ0v) is 10.1. The Morgan fingerprint density at radius 3 is 2.47 bits per heavy atom. The van der Waals surface area contributed by atoms with Gasteiger partial charge in [0.1, 0.15) is 5.75 Å². The van der Waals surface area contributed by atoms with E-state index in [1.54, 1.807) is 0 Å². The molecule has 1 aromatic carbocycles. The number of methoxy groups -OCH3 is 2. The number of rotatable bonds is 4. The number of carboxylic acids is 1.